The molecule has 0 unspecified atom stereocenters. The zero-order valence-corrected chi connectivity index (χ0v) is 11.2. The Bertz CT molecular complexity index is 440. The van der Waals surface area contributed by atoms with Gasteiger partial charge in [-0.3, -0.25) is 0 Å². The SMILES string of the molecule is CNS(=O)(=O)NCCc1ccc(N(C)C)cc1. The van der Waals surface area contributed by atoms with Crippen molar-refractivity contribution in [2.45, 2.75) is 6.42 Å². The highest BCUT2D eigenvalue weighted by atomic mass is 32.2. The van der Waals surface area contributed by atoms with E-state index in [9.17, 15) is 8.42 Å². The van der Waals surface area contributed by atoms with Gasteiger partial charge in [0.05, 0.1) is 0 Å². The monoisotopic (exact) mass is 257 g/mol. The molecule has 0 heterocycles. The topological polar surface area (TPSA) is 61.4 Å². The van der Waals surface area contributed by atoms with Crippen LogP contribution >= 0.6 is 0 Å². The maximum absolute atomic E-state index is 11.1. The van der Waals surface area contributed by atoms with Crippen molar-refractivity contribution < 1.29 is 8.42 Å². The minimum atomic E-state index is -3.32. The molecule has 0 aliphatic carbocycles. The van der Waals surface area contributed by atoms with Crippen molar-refractivity contribution in [3.05, 3.63) is 29.8 Å². The fraction of sp³-hybridized carbons (Fsp3) is 0.455. The zero-order valence-electron chi connectivity index (χ0n) is 10.4. The van der Waals surface area contributed by atoms with Crippen LogP contribution in [-0.2, 0) is 16.6 Å². The van der Waals surface area contributed by atoms with Gasteiger partial charge >= 0.3 is 0 Å². The van der Waals surface area contributed by atoms with E-state index in [0.29, 0.717) is 13.0 Å². The summed E-state index contributed by atoms with van der Waals surface area (Å²) in [6.45, 7) is 0.393. The van der Waals surface area contributed by atoms with Gasteiger partial charge in [0.15, 0.2) is 0 Å². The number of anilines is 1. The molecule has 0 bridgehead atoms. The number of hydrogen-bond acceptors (Lipinski definition) is 3. The predicted molar refractivity (Wildman–Crippen MR) is 70.5 cm³/mol. The summed E-state index contributed by atoms with van der Waals surface area (Å²) < 4.78 is 26.9. The molecule has 0 fully saturated rings. The third-order valence-electron chi connectivity index (χ3n) is 2.43. The minimum absolute atomic E-state index is 0.393. The highest BCUT2D eigenvalue weighted by Gasteiger charge is 2.04. The molecule has 0 amide bonds. The molecule has 0 spiro atoms. The Morgan fingerprint density at radius 2 is 1.76 bits per heavy atom. The maximum Gasteiger partial charge on any atom is 0.276 e. The number of benzene rings is 1. The van der Waals surface area contributed by atoms with Gasteiger partial charge in [-0.1, -0.05) is 12.1 Å². The molecule has 1 aromatic rings. The summed E-state index contributed by atoms with van der Waals surface area (Å²) in [5.74, 6) is 0. The summed E-state index contributed by atoms with van der Waals surface area (Å²) in [5, 5.41) is 0. The van der Waals surface area contributed by atoms with E-state index in [0.717, 1.165) is 11.3 Å². The first-order chi connectivity index (χ1) is 7.94. The average Bonchev–Trinajstić information content (AvgIpc) is 2.29. The van der Waals surface area contributed by atoms with E-state index in [1.165, 1.54) is 7.05 Å². The summed E-state index contributed by atoms with van der Waals surface area (Å²) in [5.41, 5.74) is 2.24. The Morgan fingerprint density at radius 1 is 1.18 bits per heavy atom. The van der Waals surface area contributed by atoms with Crippen LogP contribution in [0.1, 0.15) is 5.56 Å². The van der Waals surface area contributed by atoms with Crippen molar-refractivity contribution >= 4 is 15.9 Å². The quantitative estimate of drug-likeness (QED) is 0.773. The summed E-state index contributed by atoms with van der Waals surface area (Å²) in [6, 6.07) is 8.04. The number of nitrogens with one attached hydrogen (secondary N) is 2. The summed E-state index contributed by atoms with van der Waals surface area (Å²) in [7, 11) is 2.03. The van der Waals surface area contributed by atoms with Crippen LogP contribution in [0.5, 0.6) is 0 Å². The molecule has 0 aliphatic rings. The highest BCUT2D eigenvalue weighted by Crippen LogP contribution is 2.12. The fourth-order valence-electron chi connectivity index (χ4n) is 1.36. The van der Waals surface area contributed by atoms with Gasteiger partial charge in [0, 0.05) is 33.4 Å². The van der Waals surface area contributed by atoms with Gasteiger partial charge in [0.1, 0.15) is 0 Å². The Morgan fingerprint density at radius 3 is 2.24 bits per heavy atom. The lowest BCUT2D eigenvalue weighted by Gasteiger charge is -2.12. The van der Waals surface area contributed by atoms with Gasteiger partial charge in [0.25, 0.3) is 10.2 Å². The standard InChI is InChI=1S/C11H19N3O2S/c1-12-17(15,16)13-9-8-10-4-6-11(7-5-10)14(2)3/h4-7,12-13H,8-9H2,1-3H3. The van der Waals surface area contributed by atoms with Crippen molar-refractivity contribution in [3.63, 3.8) is 0 Å². The first kappa shape index (κ1) is 14.0. The molecule has 2 N–H and O–H groups in total. The van der Waals surface area contributed by atoms with Crippen molar-refractivity contribution in [2.75, 3.05) is 32.6 Å². The molecule has 0 radical (unpaired) electrons. The molecule has 0 saturated carbocycles. The van der Waals surface area contributed by atoms with Crippen molar-refractivity contribution in [3.8, 4) is 0 Å². The highest BCUT2D eigenvalue weighted by molar-refractivity contribution is 7.87. The van der Waals surface area contributed by atoms with E-state index in [-0.39, 0.29) is 0 Å². The van der Waals surface area contributed by atoms with Crippen LogP contribution in [0.2, 0.25) is 0 Å². The first-order valence-corrected chi connectivity index (χ1v) is 6.87. The van der Waals surface area contributed by atoms with Gasteiger partial charge in [-0.25, -0.2) is 9.44 Å². The lowest BCUT2D eigenvalue weighted by Crippen LogP contribution is -2.35. The molecule has 0 aromatic heterocycles. The summed E-state index contributed by atoms with van der Waals surface area (Å²) >= 11 is 0. The third-order valence-corrected chi connectivity index (χ3v) is 3.55. The molecule has 1 aromatic carbocycles. The van der Waals surface area contributed by atoms with Gasteiger partial charge < -0.3 is 4.90 Å². The van der Waals surface area contributed by atoms with Gasteiger partial charge in [-0.2, -0.15) is 8.42 Å². The Kier molecular flexibility index (Phi) is 4.92. The molecule has 0 atom stereocenters. The fourth-order valence-corrected chi connectivity index (χ4v) is 1.88. The van der Waals surface area contributed by atoms with Gasteiger partial charge in [-0.05, 0) is 24.1 Å². The van der Waals surface area contributed by atoms with Crippen molar-refractivity contribution in [2.24, 2.45) is 0 Å². The summed E-state index contributed by atoms with van der Waals surface area (Å²) in [6.07, 6.45) is 0.675. The Hall–Kier alpha value is -1.11. The van der Waals surface area contributed by atoms with E-state index in [2.05, 4.69) is 9.44 Å². The van der Waals surface area contributed by atoms with Gasteiger partial charge in [0.2, 0.25) is 0 Å². The van der Waals surface area contributed by atoms with Crippen LogP contribution < -0.4 is 14.3 Å². The van der Waals surface area contributed by atoms with E-state index in [4.69, 9.17) is 0 Å². The molecule has 0 saturated heterocycles. The predicted octanol–water partition coefficient (Wildman–Crippen LogP) is 0.349. The van der Waals surface area contributed by atoms with Crippen LogP contribution in [0.15, 0.2) is 24.3 Å². The van der Waals surface area contributed by atoms with Crippen LogP contribution in [0.4, 0.5) is 5.69 Å². The number of rotatable bonds is 6. The largest absolute Gasteiger partial charge is 0.378 e. The van der Waals surface area contributed by atoms with Crippen molar-refractivity contribution in [1.29, 1.82) is 0 Å². The van der Waals surface area contributed by atoms with Gasteiger partial charge in [-0.15, -0.1) is 0 Å². The Balaban J connectivity index is 2.48. The Labute approximate surface area is 103 Å². The van der Waals surface area contributed by atoms with Crippen molar-refractivity contribution in [1.82, 2.24) is 9.44 Å². The van der Waals surface area contributed by atoms with E-state index in [1.807, 2.05) is 43.3 Å². The molecule has 1 rings (SSSR count). The molecular formula is C11H19N3O2S. The molecular weight excluding hydrogens is 238 g/mol. The van der Waals surface area contributed by atoms with Crippen LogP contribution in [0.25, 0.3) is 0 Å². The van der Waals surface area contributed by atoms with Crippen LogP contribution in [0.3, 0.4) is 0 Å². The second-order valence-electron chi connectivity index (χ2n) is 3.91. The lowest BCUT2D eigenvalue weighted by molar-refractivity contribution is 0.573. The second kappa shape index (κ2) is 6.00. The average molecular weight is 257 g/mol. The lowest BCUT2D eigenvalue weighted by atomic mass is 10.1. The van der Waals surface area contributed by atoms with E-state index >= 15 is 0 Å². The third kappa shape index (κ3) is 4.72. The molecule has 17 heavy (non-hydrogen) atoms. The number of hydrogen-bond donors (Lipinski definition) is 2. The molecule has 5 nitrogen and oxygen atoms in total. The smallest absolute Gasteiger partial charge is 0.276 e. The normalized spacial score (nSPS) is 11.5. The zero-order chi connectivity index (χ0) is 12.9. The van der Waals surface area contributed by atoms with Crippen LogP contribution in [-0.4, -0.2) is 36.1 Å². The molecule has 6 heteroatoms. The number of nitrogens with zero attached hydrogens (tertiary/aromatic N) is 1. The first-order valence-electron chi connectivity index (χ1n) is 5.39. The van der Waals surface area contributed by atoms with Crippen LogP contribution in [0, 0.1) is 0 Å². The maximum atomic E-state index is 11.1. The van der Waals surface area contributed by atoms with E-state index in [1.54, 1.807) is 0 Å². The summed E-state index contributed by atoms with van der Waals surface area (Å²) in [4.78, 5) is 2.02. The van der Waals surface area contributed by atoms with E-state index < -0.39 is 10.2 Å². The minimum Gasteiger partial charge on any atom is -0.378 e. The molecule has 96 valence electrons. The molecule has 0 aliphatic heterocycles. The second-order valence-corrected chi connectivity index (χ2v) is 5.62.